The van der Waals surface area contributed by atoms with E-state index in [1.807, 2.05) is 0 Å². The van der Waals surface area contributed by atoms with E-state index in [-0.39, 0.29) is 154 Å². The number of aliphatic hydroxyl groups is 4. The van der Waals surface area contributed by atoms with E-state index in [1.165, 1.54) is 9.80 Å². The van der Waals surface area contributed by atoms with Crippen molar-refractivity contribution in [1.29, 1.82) is 5.41 Å². The third-order valence-electron chi connectivity index (χ3n) is 5.93. The minimum atomic E-state index is -4.52. The quantitative estimate of drug-likeness (QED) is 0.0125. The van der Waals surface area contributed by atoms with E-state index < -0.39 is 38.4 Å². The summed E-state index contributed by atoms with van der Waals surface area (Å²) in [6, 6.07) is 6.55. The Balaban J connectivity index is 0.00000625. The molecule has 0 amide bonds. The average molecular weight is 761 g/mol. The first-order valence-corrected chi connectivity index (χ1v) is 16.7. The van der Waals surface area contributed by atoms with Crippen LogP contribution in [0.5, 0.6) is 0 Å². The Hall–Kier alpha value is -2.27. The number of nitrogens with zero attached hydrogens (tertiary/aromatic N) is 8. The zero-order chi connectivity index (χ0) is 35.1. The third-order valence-corrected chi connectivity index (χ3v) is 7.30. The van der Waals surface area contributed by atoms with E-state index in [1.54, 1.807) is 24.3 Å². The summed E-state index contributed by atoms with van der Waals surface area (Å²) in [7, 11) is -4.52. The first-order valence-electron chi connectivity index (χ1n) is 14.0. The van der Waals surface area contributed by atoms with Crippen LogP contribution in [0.4, 0.5) is 41.1 Å². The number of hydrogen-bond donors (Lipinski definition) is 8. The van der Waals surface area contributed by atoms with Crippen molar-refractivity contribution < 1.29 is 106 Å². The second-order valence-corrected chi connectivity index (χ2v) is 12.1. The van der Waals surface area contributed by atoms with Crippen LogP contribution in [-0.2, 0) is 32.0 Å². The minimum Gasteiger partial charge on any atom is -0.748 e. The molecule has 0 saturated heterocycles. The fourth-order valence-corrected chi connectivity index (χ4v) is 4.58. The normalized spacial score (nSPS) is 11.5. The molecular weight excluding hydrogens is 726 g/mol. The average Bonchev–Trinajstić information content (AvgIpc) is 3.03. The molecule has 26 heteroatoms. The number of hydrogen-bond acceptors (Lipinski definition) is 22. The van der Waals surface area contributed by atoms with E-state index in [4.69, 9.17) is 5.41 Å². The standard InChI is InChI=1S/C24H36N12O10S2.2Na/c25-18(47(42)46-41)15-19-29-21(33-23(30-19)35(5-9-37)6-10-38)27-16-2-1-3-17(14-16)28-22-31-20(26-4-13-48(43,44)45)32-24(34-22)36(7-11-39)8-12-40;;/h1-3,14,25,37-41H,4-13,15H2,(H,43,44,45)(H,27,29,30,33)(H2,26,28,31,32,34);;/q;2*+1/p-2. The molecule has 0 bridgehead atoms. The van der Waals surface area contributed by atoms with Gasteiger partial charge in [0.05, 0.1) is 48.7 Å². The maximum atomic E-state index is 11.6. The van der Waals surface area contributed by atoms with Gasteiger partial charge in [0.15, 0.2) is 11.1 Å². The molecule has 2 heterocycles. The maximum absolute atomic E-state index is 11.6. The zero-order valence-electron chi connectivity index (χ0n) is 27.2. The van der Waals surface area contributed by atoms with Gasteiger partial charge in [-0.3, -0.25) is 5.41 Å². The first-order chi connectivity index (χ1) is 23.0. The molecule has 0 aliphatic carbocycles. The van der Waals surface area contributed by atoms with Crippen LogP contribution in [0.25, 0.3) is 0 Å². The molecule has 0 aliphatic heterocycles. The van der Waals surface area contributed by atoms with Crippen LogP contribution in [0.15, 0.2) is 24.3 Å². The van der Waals surface area contributed by atoms with Gasteiger partial charge in [0, 0.05) is 44.1 Å². The smallest absolute Gasteiger partial charge is 0.748 e. The Bertz CT molecular complexity index is 1640. The van der Waals surface area contributed by atoms with Gasteiger partial charge in [-0.15, -0.1) is 0 Å². The molecule has 2 aromatic heterocycles. The van der Waals surface area contributed by atoms with Gasteiger partial charge in [0.2, 0.25) is 29.7 Å². The zero-order valence-corrected chi connectivity index (χ0v) is 32.9. The Morgan fingerprint density at radius 2 is 1.30 bits per heavy atom. The maximum Gasteiger partial charge on any atom is 1.00 e. The van der Waals surface area contributed by atoms with Crippen molar-refractivity contribution in [2.24, 2.45) is 0 Å². The molecule has 264 valence electrons. The van der Waals surface area contributed by atoms with Gasteiger partial charge >= 0.3 is 59.1 Å². The van der Waals surface area contributed by atoms with Crippen LogP contribution in [0.3, 0.4) is 0 Å². The fraction of sp³-hybridized carbons (Fsp3) is 0.458. The van der Waals surface area contributed by atoms with Gasteiger partial charge in [-0.1, -0.05) is 6.07 Å². The van der Waals surface area contributed by atoms with Gasteiger partial charge in [-0.25, -0.2) is 12.6 Å². The van der Waals surface area contributed by atoms with Crippen LogP contribution in [-0.4, -0.2) is 137 Å². The molecule has 1 unspecified atom stereocenters. The fourth-order valence-electron chi connectivity index (χ4n) is 3.90. The number of aromatic nitrogens is 6. The molecule has 22 nitrogen and oxygen atoms in total. The van der Waals surface area contributed by atoms with Gasteiger partial charge in [-0.2, -0.15) is 29.9 Å². The molecule has 50 heavy (non-hydrogen) atoms. The molecule has 3 aromatic rings. The monoisotopic (exact) mass is 760 g/mol. The van der Waals surface area contributed by atoms with Crippen molar-refractivity contribution in [3.8, 4) is 0 Å². The predicted molar refractivity (Wildman–Crippen MR) is 169 cm³/mol. The number of aliphatic hydroxyl groups excluding tert-OH is 4. The SMILES string of the molecule is N=C(Cc1nc(Nc2cccc(Nc3nc(NCCS(=O)(=O)[O-])nc(N(CCO)CCO)n3)c2)nc(N(CCO)CCO)n1)S(=O)O[O-].[Na+].[Na+]. The third kappa shape index (κ3) is 15.5. The Morgan fingerprint density at radius 1 is 0.820 bits per heavy atom. The van der Waals surface area contributed by atoms with Crippen molar-refractivity contribution in [3.05, 3.63) is 30.1 Å². The van der Waals surface area contributed by atoms with Gasteiger partial charge in [0.25, 0.3) is 0 Å². The summed E-state index contributed by atoms with van der Waals surface area (Å²) in [5.41, 5.74) is 0.832. The summed E-state index contributed by atoms with van der Waals surface area (Å²) >= 11 is -2.56. The summed E-state index contributed by atoms with van der Waals surface area (Å²) in [4.78, 5) is 28.5. The summed E-state index contributed by atoms with van der Waals surface area (Å²) in [6.07, 6.45) is -0.435. The number of rotatable bonds is 21. The minimum absolute atomic E-state index is 0. The molecule has 0 fully saturated rings. The van der Waals surface area contributed by atoms with E-state index in [2.05, 4.69) is 50.2 Å². The van der Waals surface area contributed by atoms with Crippen molar-refractivity contribution in [1.82, 2.24) is 29.9 Å². The van der Waals surface area contributed by atoms with Crippen LogP contribution in [0, 0.1) is 5.41 Å². The summed E-state index contributed by atoms with van der Waals surface area (Å²) in [5.74, 6) is -0.898. The summed E-state index contributed by atoms with van der Waals surface area (Å²) in [6.45, 7) is -1.27. The molecule has 1 aromatic carbocycles. The van der Waals surface area contributed by atoms with Crippen LogP contribution in [0.2, 0.25) is 0 Å². The Morgan fingerprint density at radius 3 is 1.78 bits per heavy atom. The van der Waals surface area contributed by atoms with Crippen LogP contribution in [0.1, 0.15) is 5.82 Å². The molecule has 1 atom stereocenters. The van der Waals surface area contributed by atoms with E-state index in [0.717, 1.165) is 0 Å². The van der Waals surface area contributed by atoms with Gasteiger partial charge in [-0.05, 0) is 18.2 Å². The van der Waals surface area contributed by atoms with E-state index >= 15 is 0 Å². The van der Waals surface area contributed by atoms with Crippen molar-refractivity contribution >= 4 is 67.4 Å². The Kier molecular flexibility index (Phi) is 21.3. The van der Waals surface area contributed by atoms with E-state index in [0.29, 0.717) is 11.4 Å². The van der Waals surface area contributed by atoms with E-state index in [9.17, 15) is 42.9 Å². The topological polar surface area (TPSA) is 331 Å². The van der Waals surface area contributed by atoms with Crippen LogP contribution < -0.4 is 90.1 Å². The van der Waals surface area contributed by atoms with Crippen molar-refractivity contribution in [2.75, 3.05) is 90.7 Å². The number of benzene rings is 1. The number of anilines is 7. The van der Waals surface area contributed by atoms with Crippen molar-refractivity contribution in [3.63, 3.8) is 0 Å². The first kappa shape index (κ1) is 45.8. The van der Waals surface area contributed by atoms with Gasteiger partial charge < -0.3 is 60.3 Å². The molecular formula is C24H34N12Na2O10S2. The second-order valence-electron chi connectivity index (χ2n) is 9.45. The van der Waals surface area contributed by atoms with Crippen LogP contribution >= 0.6 is 0 Å². The second kappa shape index (κ2) is 23.3. The van der Waals surface area contributed by atoms with Gasteiger partial charge in [0.1, 0.15) is 10.9 Å². The number of nitrogens with one attached hydrogen (secondary N) is 4. The Labute approximate surface area is 333 Å². The predicted octanol–water partition coefficient (Wildman–Crippen LogP) is -9.43. The van der Waals surface area contributed by atoms with Crippen molar-refractivity contribution in [2.45, 2.75) is 6.42 Å². The molecule has 0 saturated carbocycles. The molecule has 0 spiro atoms. The summed E-state index contributed by atoms with van der Waals surface area (Å²) in [5, 5.41) is 64.2. The largest absolute Gasteiger partial charge is 1.00 e. The molecule has 8 N–H and O–H groups in total. The molecule has 0 radical (unpaired) electrons. The summed E-state index contributed by atoms with van der Waals surface area (Å²) < 4.78 is 48.3. The molecule has 3 rings (SSSR count). The molecule has 0 aliphatic rings.